The smallest absolute Gasteiger partial charge is 0.146 e. The maximum Gasteiger partial charge on any atom is 0.146 e. The number of hydrogen-bond donors (Lipinski definition) is 1. The standard InChI is InChI=1S/C15H13F3N2/c16-9-5-10-11(13(18)6-9)8-20(15(10)7-19)14-4-2-1-3-12(14)17/h1-6,15H,7-8,19H2. The van der Waals surface area contributed by atoms with Gasteiger partial charge in [0.1, 0.15) is 17.5 Å². The normalized spacial score (nSPS) is 17.4. The predicted octanol–water partition coefficient (Wildman–Crippen LogP) is 3.12. The average molecular weight is 278 g/mol. The van der Waals surface area contributed by atoms with Crippen molar-refractivity contribution in [2.75, 3.05) is 11.4 Å². The Hall–Kier alpha value is -2.01. The van der Waals surface area contributed by atoms with E-state index in [4.69, 9.17) is 5.73 Å². The van der Waals surface area contributed by atoms with Gasteiger partial charge in [-0.15, -0.1) is 0 Å². The molecule has 0 fully saturated rings. The number of benzene rings is 2. The summed E-state index contributed by atoms with van der Waals surface area (Å²) in [6.45, 7) is 0.342. The molecule has 2 N–H and O–H groups in total. The van der Waals surface area contributed by atoms with Gasteiger partial charge in [0.05, 0.1) is 11.7 Å². The molecular formula is C15H13F3N2. The number of anilines is 1. The van der Waals surface area contributed by atoms with Crippen LogP contribution in [0.25, 0.3) is 0 Å². The molecule has 104 valence electrons. The second-order valence-electron chi connectivity index (χ2n) is 4.79. The highest BCUT2D eigenvalue weighted by Gasteiger charge is 2.33. The van der Waals surface area contributed by atoms with Crippen LogP contribution in [0.1, 0.15) is 17.2 Å². The molecule has 0 aliphatic carbocycles. The third-order valence-electron chi connectivity index (χ3n) is 3.64. The Kier molecular flexibility index (Phi) is 3.14. The van der Waals surface area contributed by atoms with Crippen molar-refractivity contribution >= 4 is 5.69 Å². The summed E-state index contributed by atoms with van der Waals surface area (Å²) < 4.78 is 41.1. The van der Waals surface area contributed by atoms with Crippen LogP contribution in [0.15, 0.2) is 36.4 Å². The molecule has 0 amide bonds. The molecule has 0 bridgehead atoms. The van der Waals surface area contributed by atoms with Crippen LogP contribution in [0, 0.1) is 17.5 Å². The summed E-state index contributed by atoms with van der Waals surface area (Å²) in [5, 5.41) is 0. The first-order valence-electron chi connectivity index (χ1n) is 6.31. The van der Waals surface area contributed by atoms with Crippen LogP contribution in [0.2, 0.25) is 0 Å². The van der Waals surface area contributed by atoms with Crippen molar-refractivity contribution < 1.29 is 13.2 Å². The van der Waals surface area contributed by atoms with E-state index < -0.39 is 23.5 Å². The topological polar surface area (TPSA) is 29.3 Å². The maximum atomic E-state index is 13.9. The predicted molar refractivity (Wildman–Crippen MR) is 70.7 cm³/mol. The zero-order valence-electron chi connectivity index (χ0n) is 10.6. The Labute approximate surface area is 114 Å². The van der Waals surface area contributed by atoms with Gasteiger partial charge in [-0.1, -0.05) is 12.1 Å². The third-order valence-corrected chi connectivity index (χ3v) is 3.64. The molecular weight excluding hydrogens is 265 g/mol. The first-order chi connectivity index (χ1) is 9.61. The molecule has 1 aliphatic heterocycles. The maximum absolute atomic E-state index is 13.9. The van der Waals surface area contributed by atoms with Gasteiger partial charge in [-0.3, -0.25) is 0 Å². The van der Waals surface area contributed by atoms with Crippen LogP contribution in [0.5, 0.6) is 0 Å². The van der Waals surface area contributed by atoms with Crippen molar-refractivity contribution in [3.05, 3.63) is 65.0 Å². The number of para-hydroxylation sites is 1. The summed E-state index contributed by atoms with van der Waals surface area (Å²) in [5.41, 5.74) is 6.94. The molecule has 0 saturated heterocycles. The largest absolute Gasteiger partial charge is 0.356 e. The van der Waals surface area contributed by atoms with Gasteiger partial charge in [0.25, 0.3) is 0 Å². The van der Waals surface area contributed by atoms with Crippen LogP contribution in [0.4, 0.5) is 18.9 Å². The van der Waals surface area contributed by atoms with E-state index in [0.29, 0.717) is 16.8 Å². The Morgan fingerprint density at radius 1 is 1.10 bits per heavy atom. The Bertz CT molecular complexity index is 658. The first-order valence-corrected chi connectivity index (χ1v) is 6.31. The van der Waals surface area contributed by atoms with Crippen molar-refractivity contribution in [1.82, 2.24) is 0 Å². The molecule has 2 nitrogen and oxygen atoms in total. The van der Waals surface area contributed by atoms with Gasteiger partial charge < -0.3 is 10.6 Å². The molecule has 5 heteroatoms. The molecule has 0 aromatic heterocycles. The van der Waals surface area contributed by atoms with Crippen LogP contribution < -0.4 is 10.6 Å². The quantitative estimate of drug-likeness (QED) is 0.914. The fourth-order valence-corrected chi connectivity index (χ4v) is 2.73. The summed E-state index contributed by atoms with van der Waals surface area (Å²) in [4.78, 5) is 1.67. The first kappa shape index (κ1) is 13.0. The van der Waals surface area contributed by atoms with E-state index in [-0.39, 0.29) is 13.1 Å². The average Bonchev–Trinajstić information content (AvgIpc) is 2.77. The van der Waals surface area contributed by atoms with Crippen LogP contribution in [0.3, 0.4) is 0 Å². The molecule has 1 heterocycles. The zero-order chi connectivity index (χ0) is 14.3. The Morgan fingerprint density at radius 2 is 1.85 bits per heavy atom. The summed E-state index contributed by atoms with van der Waals surface area (Å²) >= 11 is 0. The summed E-state index contributed by atoms with van der Waals surface area (Å²) in [5.74, 6) is -1.66. The van der Waals surface area contributed by atoms with E-state index in [0.717, 1.165) is 6.07 Å². The van der Waals surface area contributed by atoms with Crippen molar-refractivity contribution in [2.45, 2.75) is 12.6 Å². The van der Waals surface area contributed by atoms with Gasteiger partial charge in [0.15, 0.2) is 0 Å². The van der Waals surface area contributed by atoms with E-state index in [1.807, 2.05) is 0 Å². The number of nitrogens with two attached hydrogens (primary N) is 1. The molecule has 1 unspecified atom stereocenters. The van der Waals surface area contributed by atoms with Crippen LogP contribution in [-0.2, 0) is 6.54 Å². The summed E-state index contributed by atoms with van der Waals surface area (Å²) in [6.07, 6.45) is 0. The number of rotatable bonds is 2. The highest BCUT2D eigenvalue weighted by Crippen LogP contribution is 2.39. The van der Waals surface area contributed by atoms with E-state index in [2.05, 4.69) is 0 Å². The fourth-order valence-electron chi connectivity index (χ4n) is 2.73. The molecule has 1 atom stereocenters. The molecule has 0 spiro atoms. The van der Waals surface area contributed by atoms with E-state index in [1.165, 1.54) is 12.1 Å². The van der Waals surface area contributed by atoms with Gasteiger partial charge in [0.2, 0.25) is 0 Å². The van der Waals surface area contributed by atoms with Crippen molar-refractivity contribution in [2.24, 2.45) is 5.73 Å². The molecule has 20 heavy (non-hydrogen) atoms. The summed E-state index contributed by atoms with van der Waals surface area (Å²) in [6, 6.07) is 7.92. The van der Waals surface area contributed by atoms with E-state index in [9.17, 15) is 13.2 Å². The Balaban J connectivity index is 2.09. The molecule has 2 aromatic carbocycles. The molecule has 3 rings (SSSR count). The van der Waals surface area contributed by atoms with Gasteiger partial charge >= 0.3 is 0 Å². The second-order valence-corrected chi connectivity index (χ2v) is 4.79. The van der Waals surface area contributed by atoms with E-state index >= 15 is 0 Å². The lowest BCUT2D eigenvalue weighted by molar-refractivity contribution is 0.573. The number of fused-ring (bicyclic) bond motifs is 1. The second kappa shape index (κ2) is 4.83. The minimum Gasteiger partial charge on any atom is -0.356 e. The fraction of sp³-hybridized carbons (Fsp3) is 0.200. The molecule has 1 aliphatic rings. The van der Waals surface area contributed by atoms with Gasteiger partial charge in [-0.25, -0.2) is 13.2 Å². The molecule has 2 aromatic rings. The minimum atomic E-state index is -0.643. The number of nitrogens with zero attached hydrogens (tertiary/aromatic N) is 1. The number of halogens is 3. The highest BCUT2D eigenvalue weighted by molar-refractivity contribution is 5.56. The minimum absolute atomic E-state index is 0.157. The lowest BCUT2D eigenvalue weighted by Gasteiger charge is -2.26. The van der Waals surface area contributed by atoms with Gasteiger partial charge in [-0.05, 0) is 23.8 Å². The Morgan fingerprint density at radius 3 is 2.55 bits per heavy atom. The highest BCUT2D eigenvalue weighted by atomic mass is 19.1. The van der Waals surface area contributed by atoms with E-state index in [1.54, 1.807) is 23.1 Å². The van der Waals surface area contributed by atoms with Crippen molar-refractivity contribution in [1.29, 1.82) is 0 Å². The lowest BCUT2D eigenvalue weighted by Crippen LogP contribution is -2.28. The summed E-state index contributed by atoms with van der Waals surface area (Å²) in [7, 11) is 0. The monoisotopic (exact) mass is 278 g/mol. The van der Waals surface area contributed by atoms with Crippen LogP contribution in [-0.4, -0.2) is 6.54 Å². The number of hydrogen-bond acceptors (Lipinski definition) is 2. The molecule has 0 radical (unpaired) electrons. The molecule has 0 saturated carbocycles. The zero-order valence-corrected chi connectivity index (χ0v) is 10.6. The van der Waals surface area contributed by atoms with Crippen molar-refractivity contribution in [3.63, 3.8) is 0 Å². The SMILES string of the molecule is NCC1c2cc(F)cc(F)c2CN1c1ccccc1F. The third kappa shape index (κ3) is 1.94. The lowest BCUT2D eigenvalue weighted by atomic mass is 10.0. The van der Waals surface area contributed by atoms with Gasteiger partial charge in [-0.2, -0.15) is 0 Å². The van der Waals surface area contributed by atoms with Gasteiger partial charge in [0, 0.05) is 24.7 Å². The van der Waals surface area contributed by atoms with Crippen LogP contribution >= 0.6 is 0 Å². The van der Waals surface area contributed by atoms with Crippen molar-refractivity contribution in [3.8, 4) is 0 Å².